The monoisotopic (exact) mass is 295 g/mol. The Labute approximate surface area is 122 Å². The van der Waals surface area contributed by atoms with E-state index in [1.165, 1.54) is 5.56 Å². The minimum Gasteiger partial charge on any atom is -0.309 e. The van der Waals surface area contributed by atoms with Crippen LogP contribution in [0.3, 0.4) is 0 Å². The summed E-state index contributed by atoms with van der Waals surface area (Å²) < 4.78 is 25.0. The van der Waals surface area contributed by atoms with E-state index >= 15 is 0 Å². The fraction of sp³-hybridized carbons (Fsp3) is 0.625. The van der Waals surface area contributed by atoms with Crippen molar-refractivity contribution in [2.45, 2.75) is 62.6 Å². The summed E-state index contributed by atoms with van der Waals surface area (Å²) in [5, 5.41) is 3.00. The van der Waals surface area contributed by atoms with Crippen LogP contribution < -0.4 is 5.32 Å². The maximum Gasteiger partial charge on any atom is 0.183 e. The maximum absolute atomic E-state index is 12.5. The van der Waals surface area contributed by atoms with Gasteiger partial charge in [0, 0.05) is 0 Å². The summed E-state index contributed by atoms with van der Waals surface area (Å²) in [6, 6.07) is 5.72. The molecule has 0 spiro atoms. The van der Waals surface area contributed by atoms with Crippen molar-refractivity contribution < 1.29 is 8.42 Å². The van der Waals surface area contributed by atoms with Crippen molar-refractivity contribution in [3.63, 3.8) is 0 Å². The van der Waals surface area contributed by atoms with Gasteiger partial charge in [-0.1, -0.05) is 39.8 Å². The summed E-state index contributed by atoms with van der Waals surface area (Å²) in [6.45, 7) is 11.2. The van der Waals surface area contributed by atoms with Crippen LogP contribution in [0.5, 0.6) is 0 Å². The molecule has 0 saturated heterocycles. The summed E-state index contributed by atoms with van der Waals surface area (Å²) in [7, 11) is -3.19. The van der Waals surface area contributed by atoms with E-state index in [0.29, 0.717) is 4.90 Å². The van der Waals surface area contributed by atoms with Gasteiger partial charge in [-0.25, -0.2) is 8.42 Å². The number of hydrogen-bond acceptors (Lipinski definition) is 3. The Morgan fingerprint density at radius 3 is 2.45 bits per heavy atom. The van der Waals surface area contributed by atoms with E-state index in [4.69, 9.17) is 0 Å². The lowest BCUT2D eigenvalue weighted by molar-refractivity contribution is 0.513. The maximum atomic E-state index is 12.5. The SMILES string of the molecule is CCCNC1c2cc(C(C)(C)C)ccc2S(=O)(=O)C1C. The molecule has 2 unspecified atom stereocenters. The zero-order chi connectivity index (χ0) is 15.1. The second-order valence-electron chi connectivity index (χ2n) is 6.68. The number of fused-ring (bicyclic) bond motifs is 1. The van der Waals surface area contributed by atoms with E-state index in [1.54, 1.807) is 13.0 Å². The highest BCUT2D eigenvalue weighted by molar-refractivity contribution is 7.92. The third-order valence-corrected chi connectivity index (χ3v) is 6.33. The lowest BCUT2D eigenvalue weighted by Gasteiger charge is -2.22. The zero-order valence-electron chi connectivity index (χ0n) is 13.0. The molecule has 112 valence electrons. The van der Waals surface area contributed by atoms with Gasteiger partial charge in [-0.2, -0.15) is 0 Å². The second-order valence-corrected chi connectivity index (χ2v) is 8.96. The van der Waals surface area contributed by atoms with Crippen molar-refractivity contribution in [3.8, 4) is 0 Å². The summed E-state index contributed by atoms with van der Waals surface area (Å²) in [5.41, 5.74) is 2.15. The molecule has 1 aromatic carbocycles. The molecule has 0 saturated carbocycles. The Morgan fingerprint density at radius 1 is 1.25 bits per heavy atom. The molecule has 2 atom stereocenters. The fourth-order valence-electron chi connectivity index (χ4n) is 2.73. The molecule has 3 nitrogen and oxygen atoms in total. The number of hydrogen-bond donors (Lipinski definition) is 1. The first-order chi connectivity index (χ1) is 9.19. The second kappa shape index (κ2) is 5.15. The van der Waals surface area contributed by atoms with Crippen LogP contribution in [0.1, 0.15) is 58.2 Å². The molecule has 0 bridgehead atoms. The fourth-order valence-corrected chi connectivity index (χ4v) is 4.50. The summed E-state index contributed by atoms with van der Waals surface area (Å²) in [6.07, 6.45) is 0.998. The average Bonchev–Trinajstić information content (AvgIpc) is 2.55. The molecular formula is C16H25NO2S. The molecule has 1 aromatic rings. The minimum absolute atomic E-state index is 0.0277. The van der Waals surface area contributed by atoms with Crippen LogP contribution in [0.4, 0.5) is 0 Å². The molecule has 0 radical (unpaired) electrons. The molecule has 20 heavy (non-hydrogen) atoms. The van der Waals surface area contributed by atoms with E-state index in [-0.39, 0.29) is 16.7 Å². The number of sulfone groups is 1. The van der Waals surface area contributed by atoms with Crippen LogP contribution >= 0.6 is 0 Å². The quantitative estimate of drug-likeness (QED) is 0.931. The molecule has 0 amide bonds. The molecule has 0 aliphatic carbocycles. The molecule has 1 aliphatic heterocycles. The summed E-state index contributed by atoms with van der Waals surface area (Å²) >= 11 is 0. The third kappa shape index (κ3) is 2.51. The van der Waals surface area contributed by atoms with Crippen molar-refractivity contribution >= 4 is 9.84 Å². The van der Waals surface area contributed by atoms with Gasteiger partial charge in [0.2, 0.25) is 0 Å². The van der Waals surface area contributed by atoms with Crippen molar-refractivity contribution in [2.75, 3.05) is 6.54 Å². The summed E-state index contributed by atoms with van der Waals surface area (Å²) in [4.78, 5) is 0.506. The van der Waals surface area contributed by atoms with Gasteiger partial charge in [-0.3, -0.25) is 0 Å². The van der Waals surface area contributed by atoms with E-state index in [9.17, 15) is 8.42 Å². The Bertz CT molecular complexity index is 599. The Kier molecular flexibility index (Phi) is 4.00. The first-order valence-electron chi connectivity index (χ1n) is 7.31. The zero-order valence-corrected chi connectivity index (χ0v) is 13.8. The van der Waals surface area contributed by atoms with E-state index in [1.807, 2.05) is 6.07 Å². The Balaban J connectivity index is 2.53. The van der Waals surface area contributed by atoms with Crippen LogP contribution in [0, 0.1) is 0 Å². The van der Waals surface area contributed by atoms with Gasteiger partial charge in [-0.05, 0) is 42.5 Å². The third-order valence-electron chi connectivity index (χ3n) is 4.09. The van der Waals surface area contributed by atoms with E-state index in [2.05, 4.69) is 39.1 Å². The van der Waals surface area contributed by atoms with Crippen molar-refractivity contribution in [3.05, 3.63) is 29.3 Å². The smallest absolute Gasteiger partial charge is 0.183 e. The van der Waals surface area contributed by atoms with Gasteiger partial charge < -0.3 is 5.32 Å². The normalized spacial score (nSPS) is 24.6. The van der Waals surface area contributed by atoms with Gasteiger partial charge in [0.25, 0.3) is 0 Å². The molecule has 1 heterocycles. The van der Waals surface area contributed by atoms with E-state index in [0.717, 1.165) is 18.5 Å². The molecule has 1 N–H and O–H groups in total. The Morgan fingerprint density at radius 2 is 1.90 bits per heavy atom. The highest BCUT2D eigenvalue weighted by Crippen LogP contribution is 2.40. The van der Waals surface area contributed by atoms with Crippen molar-refractivity contribution in [2.24, 2.45) is 0 Å². The number of nitrogens with one attached hydrogen (secondary N) is 1. The van der Waals surface area contributed by atoms with Gasteiger partial charge in [-0.15, -0.1) is 0 Å². The lowest BCUT2D eigenvalue weighted by atomic mass is 9.85. The Hall–Kier alpha value is -0.870. The topological polar surface area (TPSA) is 46.2 Å². The van der Waals surface area contributed by atoms with Crippen LogP contribution in [0.25, 0.3) is 0 Å². The van der Waals surface area contributed by atoms with Gasteiger partial charge >= 0.3 is 0 Å². The van der Waals surface area contributed by atoms with Crippen LogP contribution in [-0.4, -0.2) is 20.2 Å². The first-order valence-corrected chi connectivity index (χ1v) is 8.86. The molecule has 1 aliphatic rings. The molecule has 0 fully saturated rings. The lowest BCUT2D eigenvalue weighted by Crippen LogP contribution is -2.30. The highest BCUT2D eigenvalue weighted by atomic mass is 32.2. The van der Waals surface area contributed by atoms with Gasteiger partial charge in [0.15, 0.2) is 9.84 Å². The number of benzene rings is 1. The molecular weight excluding hydrogens is 270 g/mol. The average molecular weight is 295 g/mol. The predicted octanol–water partition coefficient (Wildman–Crippen LogP) is 3.20. The summed E-state index contributed by atoms with van der Waals surface area (Å²) in [5.74, 6) is 0. The van der Waals surface area contributed by atoms with Gasteiger partial charge in [0.05, 0.1) is 16.2 Å². The largest absolute Gasteiger partial charge is 0.309 e. The minimum atomic E-state index is -3.19. The standard InChI is InChI=1S/C16H25NO2S/c1-6-9-17-15-11(2)20(18,19)14-8-7-12(10-13(14)15)16(3,4)5/h7-8,10-11,15,17H,6,9H2,1-5H3. The van der Waals surface area contributed by atoms with Crippen LogP contribution in [0.2, 0.25) is 0 Å². The highest BCUT2D eigenvalue weighted by Gasteiger charge is 2.42. The molecule has 0 aromatic heterocycles. The van der Waals surface area contributed by atoms with Crippen LogP contribution in [-0.2, 0) is 15.3 Å². The predicted molar refractivity (Wildman–Crippen MR) is 82.8 cm³/mol. The van der Waals surface area contributed by atoms with Crippen molar-refractivity contribution in [1.29, 1.82) is 0 Å². The number of rotatable bonds is 3. The van der Waals surface area contributed by atoms with Crippen LogP contribution in [0.15, 0.2) is 23.1 Å². The first kappa shape index (κ1) is 15.5. The molecule has 2 rings (SSSR count). The van der Waals surface area contributed by atoms with Crippen molar-refractivity contribution in [1.82, 2.24) is 5.32 Å². The van der Waals surface area contributed by atoms with E-state index < -0.39 is 9.84 Å². The molecule has 4 heteroatoms. The van der Waals surface area contributed by atoms with Gasteiger partial charge in [0.1, 0.15) is 0 Å².